The molecule has 6 rings (SSSR count). The summed E-state index contributed by atoms with van der Waals surface area (Å²) in [6.45, 7) is 3.45. The third-order valence-electron chi connectivity index (χ3n) is 8.37. The fourth-order valence-electron chi connectivity index (χ4n) is 5.77. The van der Waals surface area contributed by atoms with E-state index in [-0.39, 0.29) is 24.2 Å². The van der Waals surface area contributed by atoms with Crippen LogP contribution in [0.5, 0.6) is 11.5 Å². The van der Waals surface area contributed by atoms with Crippen molar-refractivity contribution in [3.8, 4) is 11.5 Å². The number of anilines is 1. The van der Waals surface area contributed by atoms with Gasteiger partial charge in [0.05, 0.1) is 27.2 Å². The van der Waals surface area contributed by atoms with Crippen molar-refractivity contribution in [2.24, 2.45) is 5.92 Å². The molecule has 0 spiro atoms. The second-order valence-corrected chi connectivity index (χ2v) is 11.6. The number of carbonyl (C=O) groups is 1. The molecule has 12 heteroatoms. The average Bonchev–Trinajstić information content (AvgIpc) is 3.66. The summed E-state index contributed by atoms with van der Waals surface area (Å²) < 4.78 is 25.6. The van der Waals surface area contributed by atoms with Crippen LogP contribution >= 0.6 is 0 Å². The van der Waals surface area contributed by atoms with E-state index in [2.05, 4.69) is 20.3 Å². The van der Waals surface area contributed by atoms with Crippen molar-refractivity contribution in [3.63, 3.8) is 0 Å². The highest BCUT2D eigenvalue weighted by Gasteiger charge is 2.47. The maximum absolute atomic E-state index is 12.4. The Morgan fingerprint density at radius 2 is 1.47 bits per heavy atom. The Kier molecular flexibility index (Phi) is 9.19. The average molecular weight is 640 g/mol. The molecule has 5 aromatic rings. The predicted octanol–water partition coefficient (Wildman–Crippen LogP) is 4.07. The molecule has 244 valence electrons. The van der Waals surface area contributed by atoms with Crippen LogP contribution in [0.1, 0.15) is 36.8 Å². The molecule has 3 heterocycles. The van der Waals surface area contributed by atoms with E-state index in [0.29, 0.717) is 22.7 Å². The van der Waals surface area contributed by atoms with Crippen LogP contribution < -0.4 is 14.8 Å². The van der Waals surface area contributed by atoms with Crippen LogP contribution in [-0.4, -0.2) is 74.8 Å². The highest BCUT2D eigenvalue weighted by molar-refractivity contribution is 5.97. The van der Waals surface area contributed by atoms with Crippen molar-refractivity contribution in [3.05, 3.63) is 108 Å². The lowest BCUT2D eigenvalue weighted by atomic mass is 9.80. The van der Waals surface area contributed by atoms with Crippen molar-refractivity contribution in [2.75, 3.05) is 26.1 Å². The molecule has 1 aliphatic rings. The molecule has 47 heavy (non-hydrogen) atoms. The number of aliphatic hydroxyl groups excluding tert-OH is 2. The summed E-state index contributed by atoms with van der Waals surface area (Å²) in [5.74, 6) is 1.13. The molecule has 1 fully saturated rings. The first-order chi connectivity index (χ1) is 22.8. The number of nitrogens with one attached hydrogen (secondary N) is 1. The standard InChI is InChI=1S/C35H37N5O7/c1-21(2)33(43)39-31-28-32(37-19-36-31)40(20-38-28)34-30(42)29(41)27(47-34)18-46-35(22-8-6-5-7-9-22,23-10-14-25(44-3)15-11-23)24-12-16-26(45-4)17-13-24/h5-17,19-21,27,29-30,34,41-42H,18H2,1-4H3,(H,36,37,39,43)/t27-,29-,30-,34-/m1/s1. The van der Waals surface area contributed by atoms with Crippen molar-refractivity contribution in [1.82, 2.24) is 19.5 Å². The molecule has 1 aliphatic heterocycles. The van der Waals surface area contributed by atoms with Crippen LogP contribution in [0.25, 0.3) is 11.2 Å². The zero-order valence-electron chi connectivity index (χ0n) is 26.5. The Hall–Kier alpha value is -4.88. The third-order valence-corrected chi connectivity index (χ3v) is 8.37. The Morgan fingerprint density at radius 3 is 2.04 bits per heavy atom. The Balaban J connectivity index is 1.35. The number of hydrogen-bond donors (Lipinski definition) is 3. The lowest BCUT2D eigenvalue weighted by Gasteiger charge is -2.37. The number of fused-ring (bicyclic) bond motifs is 1. The van der Waals surface area contributed by atoms with E-state index < -0.39 is 30.1 Å². The highest BCUT2D eigenvalue weighted by Crippen LogP contribution is 2.43. The monoisotopic (exact) mass is 639 g/mol. The van der Waals surface area contributed by atoms with E-state index in [9.17, 15) is 15.0 Å². The number of aromatic nitrogens is 4. The van der Waals surface area contributed by atoms with Gasteiger partial charge >= 0.3 is 0 Å². The van der Waals surface area contributed by atoms with Gasteiger partial charge in [-0.05, 0) is 41.0 Å². The molecule has 12 nitrogen and oxygen atoms in total. The molecule has 3 aromatic carbocycles. The first-order valence-corrected chi connectivity index (χ1v) is 15.2. The van der Waals surface area contributed by atoms with Crippen LogP contribution in [-0.2, 0) is 19.9 Å². The number of benzene rings is 3. The van der Waals surface area contributed by atoms with Crippen molar-refractivity contribution in [2.45, 2.75) is 44.0 Å². The van der Waals surface area contributed by atoms with Gasteiger partial charge in [0.25, 0.3) is 0 Å². The number of carbonyl (C=O) groups excluding carboxylic acids is 1. The summed E-state index contributed by atoms with van der Waals surface area (Å²) in [5, 5.41) is 25.3. The van der Waals surface area contributed by atoms with E-state index >= 15 is 0 Å². The molecule has 0 saturated carbocycles. The van der Waals surface area contributed by atoms with E-state index in [4.69, 9.17) is 18.9 Å². The minimum atomic E-state index is -1.34. The van der Waals surface area contributed by atoms with Gasteiger partial charge in [-0.15, -0.1) is 0 Å². The van der Waals surface area contributed by atoms with Crippen molar-refractivity contribution < 1.29 is 34.0 Å². The quantitative estimate of drug-likeness (QED) is 0.181. The smallest absolute Gasteiger partial charge is 0.228 e. The minimum absolute atomic E-state index is 0.0982. The molecule has 1 amide bonds. The zero-order chi connectivity index (χ0) is 33.1. The summed E-state index contributed by atoms with van der Waals surface area (Å²) >= 11 is 0. The molecule has 3 N–H and O–H groups in total. The zero-order valence-corrected chi connectivity index (χ0v) is 26.5. The van der Waals surface area contributed by atoms with Crippen LogP contribution in [0, 0.1) is 5.92 Å². The molecule has 1 saturated heterocycles. The third kappa shape index (κ3) is 6.03. The normalized spacial score (nSPS) is 19.6. The summed E-state index contributed by atoms with van der Waals surface area (Å²) in [6, 6.07) is 25.0. The number of amides is 1. The van der Waals surface area contributed by atoms with Gasteiger partial charge < -0.3 is 34.5 Å². The lowest BCUT2D eigenvalue weighted by molar-refractivity contribution is -0.118. The molecular weight excluding hydrogens is 602 g/mol. The first-order valence-electron chi connectivity index (χ1n) is 15.2. The number of imidazole rings is 1. The molecule has 0 bridgehead atoms. The second kappa shape index (κ2) is 13.5. The first kappa shape index (κ1) is 32.1. The second-order valence-electron chi connectivity index (χ2n) is 11.6. The SMILES string of the molecule is COc1ccc(C(OC[C@H]2O[C@@H](n3cnc4c(NC(=O)C(C)C)ncnc43)[C@H](O)[C@@H]2O)(c2ccccc2)c2ccc(OC)cc2)cc1. The Bertz CT molecular complexity index is 1760. The largest absolute Gasteiger partial charge is 0.497 e. The molecule has 0 radical (unpaired) electrons. The van der Waals surface area contributed by atoms with Gasteiger partial charge in [-0.25, -0.2) is 15.0 Å². The van der Waals surface area contributed by atoms with Gasteiger partial charge in [-0.1, -0.05) is 68.4 Å². The molecule has 0 unspecified atom stereocenters. The maximum Gasteiger partial charge on any atom is 0.228 e. The van der Waals surface area contributed by atoms with Gasteiger partial charge in [0.15, 0.2) is 23.2 Å². The molecule has 0 aliphatic carbocycles. The highest BCUT2D eigenvalue weighted by atomic mass is 16.6. The lowest BCUT2D eigenvalue weighted by Crippen LogP contribution is -2.39. The maximum atomic E-state index is 12.4. The van der Waals surface area contributed by atoms with Crippen LogP contribution in [0.2, 0.25) is 0 Å². The number of ether oxygens (including phenoxy) is 4. The van der Waals surface area contributed by atoms with Gasteiger partial charge in [-0.3, -0.25) is 9.36 Å². The molecular formula is C35H37N5O7. The summed E-state index contributed by atoms with van der Waals surface area (Å²) in [7, 11) is 3.22. The van der Waals surface area contributed by atoms with Crippen molar-refractivity contribution >= 4 is 22.9 Å². The summed E-state index contributed by atoms with van der Waals surface area (Å²) in [4.78, 5) is 25.2. The fourth-order valence-corrected chi connectivity index (χ4v) is 5.77. The molecule has 4 atom stereocenters. The predicted molar refractivity (Wildman–Crippen MR) is 173 cm³/mol. The number of rotatable bonds is 11. The van der Waals surface area contributed by atoms with Crippen LogP contribution in [0.3, 0.4) is 0 Å². The fraction of sp³-hybridized carbons (Fsp3) is 0.314. The van der Waals surface area contributed by atoms with Gasteiger partial charge in [-0.2, -0.15) is 0 Å². The van der Waals surface area contributed by atoms with E-state index in [0.717, 1.165) is 16.7 Å². The van der Waals surface area contributed by atoms with E-state index in [1.165, 1.54) is 17.2 Å². The topological polar surface area (TPSA) is 150 Å². The number of hydrogen-bond acceptors (Lipinski definition) is 10. The van der Waals surface area contributed by atoms with Gasteiger partial charge in [0.2, 0.25) is 5.91 Å². The Labute approximate surface area is 271 Å². The number of methoxy groups -OCH3 is 2. The summed E-state index contributed by atoms with van der Waals surface area (Å²) in [5.41, 5.74) is 1.97. The Morgan fingerprint density at radius 1 is 0.872 bits per heavy atom. The van der Waals surface area contributed by atoms with Crippen molar-refractivity contribution in [1.29, 1.82) is 0 Å². The number of aliphatic hydroxyl groups is 2. The molecule has 2 aromatic heterocycles. The van der Waals surface area contributed by atoms with Crippen LogP contribution in [0.15, 0.2) is 91.5 Å². The van der Waals surface area contributed by atoms with Crippen LogP contribution in [0.4, 0.5) is 5.82 Å². The van der Waals surface area contributed by atoms with Gasteiger partial charge in [0, 0.05) is 5.92 Å². The van der Waals surface area contributed by atoms with E-state index in [1.54, 1.807) is 28.1 Å². The summed E-state index contributed by atoms with van der Waals surface area (Å²) in [6.07, 6.45) is -1.88. The number of nitrogens with zero attached hydrogens (tertiary/aromatic N) is 4. The minimum Gasteiger partial charge on any atom is -0.497 e. The van der Waals surface area contributed by atoms with Gasteiger partial charge in [0.1, 0.15) is 41.7 Å². The van der Waals surface area contributed by atoms with E-state index in [1.807, 2.05) is 78.9 Å².